The van der Waals surface area contributed by atoms with E-state index in [9.17, 15) is 0 Å². The second kappa shape index (κ2) is 9.65. The largest absolute Gasteiger partial charge is 0.497 e. The van der Waals surface area contributed by atoms with Crippen LogP contribution in [-0.4, -0.2) is 20.8 Å². The fourth-order valence-electron chi connectivity index (χ4n) is 2.33. The molecule has 0 aromatic heterocycles. The lowest BCUT2D eigenvalue weighted by Crippen LogP contribution is -2.22. The molecule has 1 rings (SSSR count). The molecule has 0 saturated heterocycles. The molecule has 0 bridgehead atoms. The van der Waals surface area contributed by atoms with E-state index in [4.69, 9.17) is 9.47 Å². The van der Waals surface area contributed by atoms with Gasteiger partial charge in [0.15, 0.2) is 0 Å². The maximum absolute atomic E-state index is 5.37. The fraction of sp³-hybridized carbons (Fsp3) is 0.647. The maximum atomic E-state index is 5.37. The molecule has 0 radical (unpaired) electrons. The molecule has 0 spiro atoms. The van der Waals surface area contributed by atoms with Gasteiger partial charge >= 0.3 is 0 Å². The Bertz CT molecular complexity index is 357. The molecule has 1 aromatic carbocycles. The van der Waals surface area contributed by atoms with Gasteiger partial charge in [0, 0.05) is 12.1 Å². The van der Waals surface area contributed by atoms with Gasteiger partial charge in [0.25, 0.3) is 0 Å². The summed E-state index contributed by atoms with van der Waals surface area (Å²) in [6.45, 7) is 5.47. The van der Waals surface area contributed by atoms with Crippen LogP contribution in [0.15, 0.2) is 18.2 Å². The highest BCUT2D eigenvalue weighted by molar-refractivity contribution is 5.39. The van der Waals surface area contributed by atoms with E-state index in [0.717, 1.165) is 30.9 Å². The molecule has 0 heterocycles. The van der Waals surface area contributed by atoms with E-state index in [1.807, 2.05) is 6.07 Å². The van der Waals surface area contributed by atoms with Gasteiger partial charge in [0.05, 0.1) is 14.2 Å². The molecular formula is C17H29NO2. The summed E-state index contributed by atoms with van der Waals surface area (Å²) in [4.78, 5) is 0. The van der Waals surface area contributed by atoms with Crippen LogP contribution in [0.3, 0.4) is 0 Å². The molecule has 0 saturated carbocycles. The van der Waals surface area contributed by atoms with Crippen LogP contribution >= 0.6 is 0 Å². The Kier molecular flexibility index (Phi) is 8.12. The number of rotatable bonds is 10. The van der Waals surface area contributed by atoms with Gasteiger partial charge in [-0.05, 0) is 37.1 Å². The first-order chi connectivity index (χ1) is 9.74. The molecule has 1 atom stereocenters. The lowest BCUT2D eigenvalue weighted by molar-refractivity contribution is 0.390. The van der Waals surface area contributed by atoms with Crippen LogP contribution in [0.4, 0.5) is 0 Å². The van der Waals surface area contributed by atoms with Gasteiger partial charge in [0.2, 0.25) is 0 Å². The van der Waals surface area contributed by atoms with Crippen molar-refractivity contribution in [3.8, 4) is 11.5 Å². The zero-order valence-electron chi connectivity index (χ0n) is 13.4. The minimum absolute atomic E-state index is 0.380. The highest BCUT2D eigenvalue weighted by Gasteiger charge is 2.13. The van der Waals surface area contributed by atoms with E-state index in [2.05, 4.69) is 31.3 Å². The first-order valence-corrected chi connectivity index (χ1v) is 7.71. The van der Waals surface area contributed by atoms with Crippen molar-refractivity contribution in [1.29, 1.82) is 0 Å². The Labute approximate surface area is 123 Å². The molecule has 1 N–H and O–H groups in total. The first-order valence-electron chi connectivity index (χ1n) is 7.71. The van der Waals surface area contributed by atoms with Crippen LogP contribution in [0.25, 0.3) is 0 Å². The Balaban J connectivity index is 2.86. The third-order valence-electron chi connectivity index (χ3n) is 3.51. The van der Waals surface area contributed by atoms with E-state index >= 15 is 0 Å². The molecule has 3 heteroatoms. The molecule has 0 amide bonds. The first kappa shape index (κ1) is 16.8. The zero-order valence-corrected chi connectivity index (χ0v) is 13.4. The smallest absolute Gasteiger partial charge is 0.122 e. The summed E-state index contributed by atoms with van der Waals surface area (Å²) in [5.41, 5.74) is 1.26. The summed E-state index contributed by atoms with van der Waals surface area (Å²) < 4.78 is 10.7. The molecular weight excluding hydrogens is 250 g/mol. The normalized spacial score (nSPS) is 12.2. The average Bonchev–Trinajstić information content (AvgIpc) is 2.50. The van der Waals surface area contributed by atoms with E-state index < -0.39 is 0 Å². The van der Waals surface area contributed by atoms with Crippen LogP contribution in [0.5, 0.6) is 11.5 Å². The Morgan fingerprint density at radius 2 is 1.60 bits per heavy atom. The number of hydrogen-bond donors (Lipinski definition) is 1. The van der Waals surface area contributed by atoms with Crippen LogP contribution in [0.1, 0.15) is 57.6 Å². The standard InChI is InChI=1S/C17H29NO2/c1-5-7-8-9-17(18-10-6-2)14-11-15(19-3)13-16(12-14)20-4/h11-13,17-18H,5-10H2,1-4H3. The van der Waals surface area contributed by atoms with E-state index in [0.29, 0.717) is 6.04 Å². The van der Waals surface area contributed by atoms with Crippen molar-refractivity contribution in [3.63, 3.8) is 0 Å². The molecule has 1 aromatic rings. The second-order valence-corrected chi connectivity index (χ2v) is 5.15. The molecule has 114 valence electrons. The van der Waals surface area contributed by atoms with Gasteiger partial charge in [-0.3, -0.25) is 0 Å². The number of benzene rings is 1. The average molecular weight is 279 g/mol. The van der Waals surface area contributed by atoms with E-state index in [1.165, 1.54) is 24.8 Å². The molecule has 1 unspecified atom stereocenters. The van der Waals surface area contributed by atoms with Gasteiger partial charge in [0.1, 0.15) is 11.5 Å². The fourth-order valence-corrected chi connectivity index (χ4v) is 2.33. The van der Waals surface area contributed by atoms with Crippen molar-refractivity contribution in [2.45, 2.75) is 52.0 Å². The lowest BCUT2D eigenvalue weighted by Gasteiger charge is -2.20. The molecule has 0 aliphatic rings. The van der Waals surface area contributed by atoms with Crippen molar-refractivity contribution < 1.29 is 9.47 Å². The summed E-state index contributed by atoms with van der Waals surface area (Å²) in [6, 6.07) is 6.53. The van der Waals surface area contributed by atoms with Gasteiger partial charge in [-0.25, -0.2) is 0 Å². The van der Waals surface area contributed by atoms with Crippen LogP contribution in [0, 0.1) is 0 Å². The second-order valence-electron chi connectivity index (χ2n) is 5.15. The molecule has 0 aliphatic carbocycles. The third kappa shape index (κ3) is 5.41. The summed E-state index contributed by atoms with van der Waals surface area (Å²) >= 11 is 0. The van der Waals surface area contributed by atoms with Crippen molar-refractivity contribution in [2.24, 2.45) is 0 Å². The van der Waals surface area contributed by atoms with Crippen molar-refractivity contribution in [3.05, 3.63) is 23.8 Å². The number of unbranched alkanes of at least 4 members (excludes halogenated alkanes) is 2. The van der Waals surface area contributed by atoms with Crippen LogP contribution < -0.4 is 14.8 Å². The van der Waals surface area contributed by atoms with Gasteiger partial charge in [-0.15, -0.1) is 0 Å². The Morgan fingerprint density at radius 3 is 2.10 bits per heavy atom. The number of methoxy groups -OCH3 is 2. The molecule has 3 nitrogen and oxygen atoms in total. The molecule has 0 fully saturated rings. The minimum atomic E-state index is 0.380. The Hall–Kier alpha value is -1.22. The third-order valence-corrected chi connectivity index (χ3v) is 3.51. The van der Waals surface area contributed by atoms with Crippen LogP contribution in [-0.2, 0) is 0 Å². The topological polar surface area (TPSA) is 30.5 Å². The number of hydrogen-bond acceptors (Lipinski definition) is 3. The highest BCUT2D eigenvalue weighted by Crippen LogP contribution is 2.29. The van der Waals surface area contributed by atoms with E-state index in [1.54, 1.807) is 14.2 Å². The summed E-state index contributed by atoms with van der Waals surface area (Å²) in [6.07, 6.45) is 6.08. The maximum Gasteiger partial charge on any atom is 0.122 e. The minimum Gasteiger partial charge on any atom is -0.497 e. The SMILES string of the molecule is CCCCCC(NCCC)c1cc(OC)cc(OC)c1. The molecule has 0 aliphatic heterocycles. The predicted octanol–water partition coefficient (Wildman–Crippen LogP) is 4.32. The highest BCUT2D eigenvalue weighted by atomic mass is 16.5. The summed E-state index contributed by atoms with van der Waals surface area (Å²) in [7, 11) is 3.40. The quantitative estimate of drug-likeness (QED) is 0.647. The Morgan fingerprint density at radius 1 is 0.950 bits per heavy atom. The van der Waals surface area contributed by atoms with Gasteiger partial charge in [-0.1, -0.05) is 33.1 Å². The van der Waals surface area contributed by atoms with Crippen molar-refractivity contribution in [1.82, 2.24) is 5.32 Å². The summed E-state index contributed by atoms with van der Waals surface area (Å²) in [5, 5.41) is 3.64. The number of nitrogens with one attached hydrogen (secondary N) is 1. The summed E-state index contributed by atoms with van der Waals surface area (Å²) in [5.74, 6) is 1.72. The van der Waals surface area contributed by atoms with Gasteiger partial charge < -0.3 is 14.8 Å². The van der Waals surface area contributed by atoms with E-state index in [-0.39, 0.29) is 0 Å². The predicted molar refractivity (Wildman–Crippen MR) is 84.7 cm³/mol. The van der Waals surface area contributed by atoms with Crippen LogP contribution in [0.2, 0.25) is 0 Å². The van der Waals surface area contributed by atoms with Crippen molar-refractivity contribution in [2.75, 3.05) is 20.8 Å². The van der Waals surface area contributed by atoms with Crippen molar-refractivity contribution >= 4 is 0 Å². The van der Waals surface area contributed by atoms with Gasteiger partial charge in [-0.2, -0.15) is 0 Å². The molecule has 20 heavy (non-hydrogen) atoms. The monoisotopic (exact) mass is 279 g/mol. The lowest BCUT2D eigenvalue weighted by atomic mass is 9.99. The zero-order chi connectivity index (χ0) is 14.8. The number of ether oxygens (including phenoxy) is 2.